The lowest BCUT2D eigenvalue weighted by Crippen LogP contribution is -2.31. The maximum atomic E-state index is 4.56. The Labute approximate surface area is 140 Å². The van der Waals surface area contributed by atoms with Crippen molar-refractivity contribution in [3.05, 3.63) is 72.9 Å². The predicted molar refractivity (Wildman–Crippen MR) is 94.1 cm³/mol. The maximum absolute atomic E-state index is 4.56. The summed E-state index contributed by atoms with van der Waals surface area (Å²) in [5.74, 6) is 0. The zero-order valence-electron chi connectivity index (χ0n) is 13.6. The van der Waals surface area contributed by atoms with E-state index in [0.29, 0.717) is 0 Å². The molecule has 4 rings (SSSR count). The first-order chi connectivity index (χ1) is 11.7. The molecule has 0 atom stereocenters. The summed E-state index contributed by atoms with van der Waals surface area (Å²) in [6.45, 7) is 2.13. The Morgan fingerprint density at radius 3 is 2.62 bits per heavy atom. The lowest BCUT2D eigenvalue weighted by Gasteiger charge is -2.09. The fourth-order valence-electron chi connectivity index (χ4n) is 3.03. The van der Waals surface area contributed by atoms with E-state index in [4.69, 9.17) is 0 Å². The van der Waals surface area contributed by atoms with Crippen LogP contribution in [0.5, 0.6) is 0 Å². The summed E-state index contributed by atoms with van der Waals surface area (Å²) in [4.78, 5) is 12.9. The highest BCUT2D eigenvalue weighted by molar-refractivity contribution is 5.93. The van der Waals surface area contributed by atoms with Crippen LogP contribution in [-0.4, -0.2) is 15.0 Å². The van der Waals surface area contributed by atoms with Crippen molar-refractivity contribution in [1.29, 1.82) is 0 Å². The fraction of sp³-hybridized carbons (Fsp3) is 0.100. The van der Waals surface area contributed by atoms with E-state index >= 15 is 0 Å². The van der Waals surface area contributed by atoms with Crippen molar-refractivity contribution in [1.82, 2.24) is 15.0 Å². The second-order valence-corrected chi connectivity index (χ2v) is 5.85. The van der Waals surface area contributed by atoms with Crippen molar-refractivity contribution < 1.29 is 4.57 Å². The number of benzene rings is 2. The SMILES string of the molecule is Cc1ccccc1-c1c2cc(-c3ccncn3)ccc2nc[n+]1C. The summed E-state index contributed by atoms with van der Waals surface area (Å²) in [5.41, 5.74) is 6.57. The standard InChI is InChI=1S/C20H17N4/c1-14-5-3-4-6-16(14)20-17-11-15(18-9-10-21-12-22-18)7-8-19(17)23-13-24(20)2/h3-13H,1-2H3/q+1. The molecule has 116 valence electrons. The van der Waals surface area contributed by atoms with Gasteiger partial charge in [0.25, 0.3) is 6.33 Å². The van der Waals surface area contributed by atoms with Gasteiger partial charge >= 0.3 is 0 Å². The minimum Gasteiger partial charge on any atom is -0.245 e. The first-order valence-corrected chi connectivity index (χ1v) is 7.85. The molecule has 0 aliphatic rings. The second kappa shape index (κ2) is 5.81. The van der Waals surface area contributed by atoms with E-state index in [9.17, 15) is 0 Å². The van der Waals surface area contributed by atoms with Gasteiger partial charge in [0.2, 0.25) is 0 Å². The van der Waals surface area contributed by atoms with Crippen LogP contribution >= 0.6 is 0 Å². The average Bonchev–Trinajstić information content (AvgIpc) is 2.63. The Balaban J connectivity index is 2.02. The first kappa shape index (κ1) is 14.5. The predicted octanol–water partition coefficient (Wildman–Crippen LogP) is 3.49. The van der Waals surface area contributed by atoms with Crippen molar-refractivity contribution in [3.8, 4) is 22.5 Å². The lowest BCUT2D eigenvalue weighted by molar-refractivity contribution is -0.662. The molecule has 0 amide bonds. The van der Waals surface area contributed by atoms with Gasteiger partial charge in [0.15, 0.2) is 5.52 Å². The third-order valence-corrected chi connectivity index (χ3v) is 4.25. The van der Waals surface area contributed by atoms with Gasteiger partial charge < -0.3 is 0 Å². The molecule has 2 aromatic heterocycles. The van der Waals surface area contributed by atoms with Crippen molar-refractivity contribution in [2.75, 3.05) is 0 Å². The smallest absolute Gasteiger partial charge is 0.245 e. The zero-order chi connectivity index (χ0) is 16.5. The van der Waals surface area contributed by atoms with Crippen molar-refractivity contribution in [2.24, 2.45) is 7.05 Å². The first-order valence-electron chi connectivity index (χ1n) is 7.85. The van der Waals surface area contributed by atoms with E-state index in [1.807, 2.05) is 19.4 Å². The third-order valence-electron chi connectivity index (χ3n) is 4.25. The van der Waals surface area contributed by atoms with E-state index < -0.39 is 0 Å². The Kier molecular flexibility index (Phi) is 3.50. The van der Waals surface area contributed by atoms with E-state index in [0.717, 1.165) is 27.9 Å². The van der Waals surface area contributed by atoms with Crippen LogP contribution in [0.1, 0.15) is 5.56 Å². The molecule has 2 heterocycles. The van der Waals surface area contributed by atoms with Gasteiger partial charge in [-0.15, -0.1) is 0 Å². The molecular weight excluding hydrogens is 296 g/mol. The van der Waals surface area contributed by atoms with Crippen LogP contribution in [0, 0.1) is 6.92 Å². The monoisotopic (exact) mass is 313 g/mol. The van der Waals surface area contributed by atoms with Gasteiger partial charge in [-0.3, -0.25) is 0 Å². The zero-order valence-corrected chi connectivity index (χ0v) is 13.6. The minimum absolute atomic E-state index is 0.911. The molecule has 0 aliphatic heterocycles. The van der Waals surface area contributed by atoms with Gasteiger partial charge in [-0.1, -0.05) is 24.3 Å². The molecule has 4 aromatic rings. The van der Waals surface area contributed by atoms with E-state index in [2.05, 4.69) is 68.9 Å². The van der Waals surface area contributed by atoms with Gasteiger partial charge in [0.05, 0.1) is 18.1 Å². The van der Waals surface area contributed by atoms with E-state index in [1.165, 1.54) is 11.1 Å². The van der Waals surface area contributed by atoms with Gasteiger partial charge in [0.1, 0.15) is 12.0 Å². The molecule has 0 N–H and O–H groups in total. The molecule has 0 fully saturated rings. The Morgan fingerprint density at radius 2 is 1.83 bits per heavy atom. The van der Waals surface area contributed by atoms with Crippen LogP contribution in [-0.2, 0) is 7.05 Å². The third kappa shape index (κ3) is 2.42. The number of nitrogens with zero attached hydrogens (tertiary/aromatic N) is 4. The van der Waals surface area contributed by atoms with Gasteiger partial charge in [0, 0.05) is 17.3 Å². The number of rotatable bonds is 2. The molecule has 0 aliphatic carbocycles. The molecule has 0 saturated carbocycles. The number of fused-ring (bicyclic) bond motifs is 1. The normalized spacial score (nSPS) is 10.9. The summed E-state index contributed by atoms with van der Waals surface area (Å²) >= 11 is 0. The summed E-state index contributed by atoms with van der Waals surface area (Å²) < 4.78 is 2.08. The highest BCUT2D eigenvalue weighted by Gasteiger charge is 2.17. The Bertz CT molecular complexity index is 1030. The van der Waals surface area contributed by atoms with Crippen LogP contribution in [0.25, 0.3) is 33.4 Å². The average molecular weight is 313 g/mol. The highest BCUT2D eigenvalue weighted by atomic mass is 15.0. The number of aromatic nitrogens is 4. The van der Waals surface area contributed by atoms with Crippen LogP contribution in [0.2, 0.25) is 0 Å². The van der Waals surface area contributed by atoms with Crippen molar-refractivity contribution >= 4 is 10.9 Å². The molecule has 0 bridgehead atoms. The van der Waals surface area contributed by atoms with E-state index in [1.54, 1.807) is 12.5 Å². The molecule has 4 heteroatoms. The van der Waals surface area contributed by atoms with Crippen LogP contribution in [0.3, 0.4) is 0 Å². The second-order valence-electron chi connectivity index (χ2n) is 5.85. The van der Waals surface area contributed by atoms with Crippen LogP contribution in [0.15, 0.2) is 67.4 Å². The summed E-state index contributed by atoms with van der Waals surface area (Å²) in [6.07, 6.45) is 5.21. The molecule has 4 nitrogen and oxygen atoms in total. The quantitative estimate of drug-likeness (QED) is 0.532. The fourth-order valence-corrected chi connectivity index (χ4v) is 3.03. The summed E-state index contributed by atoms with van der Waals surface area (Å²) in [6, 6.07) is 16.6. The van der Waals surface area contributed by atoms with Gasteiger partial charge in [-0.25, -0.2) is 14.5 Å². The molecule has 0 radical (unpaired) electrons. The Morgan fingerprint density at radius 1 is 0.958 bits per heavy atom. The largest absolute Gasteiger partial charge is 0.287 e. The van der Waals surface area contributed by atoms with Gasteiger partial charge in [-0.05, 0) is 41.7 Å². The van der Waals surface area contributed by atoms with Crippen LogP contribution < -0.4 is 4.57 Å². The van der Waals surface area contributed by atoms with E-state index in [-0.39, 0.29) is 0 Å². The molecule has 0 spiro atoms. The van der Waals surface area contributed by atoms with Crippen LogP contribution in [0.4, 0.5) is 0 Å². The maximum Gasteiger partial charge on any atom is 0.287 e. The molecule has 24 heavy (non-hydrogen) atoms. The van der Waals surface area contributed by atoms with Gasteiger partial charge in [-0.2, -0.15) is 0 Å². The van der Waals surface area contributed by atoms with Crippen molar-refractivity contribution in [2.45, 2.75) is 6.92 Å². The highest BCUT2D eigenvalue weighted by Crippen LogP contribution is 2.29. The summed E-state index contributed by atoms with van der Waals surface area (Å²) in [5, 5.41) is 1.12. The van der Waals surface area contributed by atoms with Crippen molar-refractivity contribution in [3.63, 3.8) is 0 Å². The minimum atomic E-state index is 0.911. The molecule has 0 saturated heterocycles. The number of aryl methyl sites for hydroxylation is 2. The molecule has 0 unspecified atom stereocenters. The number of hydrogen-bond acceptors (Lipinski definition) is 3. The molecular formula is C20H17N4+. The molecule has 2 aromatic carbocycles. The number of hydrogen-bond donors (Lipinski definition) is 0. The lowest BCUT2D eigenvalue weighted by atomic mass is 9.99. The summed E-state index contributed by atoms with van der Waals surface area (Å²) in [7, 11) is 2.03. The topological polar surface area (TPSA) is 42.6 Å². The Hall–Kier alpha value is -3.14.